The smallest absolute Gasteiger partial charge is 0.306 e. The monoisotopic (exact) mass is 354 g/mol. The molecule has 0 amide bonds. The summed E-state index contributed by atoms with van der Waals surface area (Å²) < 4.78 is 0. The molecule has 3 saturated carbocycles. The Morgan fingerprint density at radius 3 is 2.43 bits per heavy atom. The molecule has 1 aromatic carbocycles. The highest BCUT2D eigenvalue weighted by atomic mass is 35.5. The Morgan fingerprint density at radius 1 is 1.22 bits per heavy atom. The first-order valence-electron chi connectivity index (χ1n) is 7.98. The van der Waals surface area contributed by atoms with Crippen molar-refractivity contribution in [2.24, 2.45) is 16.7 Å². The van der Waals surface area contributed by atoms with Crippen molar-refractivity contribution in [3.05, 3.63) is 33.8 Å². The maximum absolute atomic E-state index is 12.2. The Morgan fingerprint density at radius 2 is 1.87 bits per heavy atom. The number of Topliss-reactive ketones (excluding diaryl/α,β-unsaturated/α-hetero) is 1. The van der Waals surface area contributed by atoms with E-state index in [1.54, 1.807) is 18.2 Å². The van der Waals surface area contributed by atoms with Gasteiger partial charge in [0.2, 0.25) is 0 Å². The third kappa shape index (κ3) is 2.89. The highest BCUT2D eigenvalue weighted by Gasteiger charge is 2.69. The number of hydrogen-bond acceptors (Lipinski definition) is 2. The minimum atomic E-state index is -0.687. The van der Waals surface area contributed by atoms with Gasteiger partial charge in [-0.15, -0.1) is 0 Å². The average molecular weight is 355 g/mol. The molecule has 3 aliphatic carbocycles. The molecule has 0 aromatic heterocycles. The molecule has 23 heavy (non-hydrogen) atoms. The molecule has 124 valence electrons. The van der Waals surface area contributed by atoms with Crippen molar-refractivity contribution >= 4 is 35.0 Å². The SMILES string of the molecule is C[C@@H](C(=O)O)C12CC(CCCC(=O)c3ccc(Cl)c(Cl)c3)(C1)C2. The number of ketones is 1. The lowest BCUT2D eigenvalue weighted by Crippen LogP contribution is -2.65. The number of benzene rings is 1. The van der Waals surface area contributed by atoms with Crippen LogP contribution in [0.5, 0.6) is 0 Å². The normalized spacial score (nSPS) is 29.3. The van der Waals surface area contributed by atoms with E-state index in [0.29, 0.717) is 27.4 Å². The summed E-state index contributed by atoms with van der Waals surface area (Å²) in [7, 11) is 0. The summed E-state index contributed by atoms with van der Waals surface area (Å²) in [6.45, 7) is 1.82. The molecule has 2 bridgehead atoms. The van der Waals surface area contributed by atoms with Crippen LogP contribution in [0.15, 0.2) is 18.2 Å². The first kappa shape index (κ1) is 16.8. The molecule has 5 heteroatoms. The molecule has 0 radical (unpaired) electrons. The van der Waals surface area contributed by atoms with Crippen LogP contribution in [0.3, 0.4) is 0 Å². The summed E-state index contributed by atoms with van der Waals surface area (Å²) in [4.78, 5) is 23.3. The van der Waals surface area contributed by atoms with Gasteiger partial charge in [0.1, 0.15) is 0 Å². The van der Waals surface area contributed by atoms with Crippen LogP contribution in [0, 0.1) is 16.7 Å². The second kappa shape index (κ2) is 5.78. The summed E-state index contributed by atoms with van der Waals surface area (Å²) in [6.07, 6.45) is 5.38. The molecule has 0 heterocycles. The third-order valence-electron chi connectivity index (χ3n) is 5.82. The predicted octanol–water partition coefficient (Wildman–Crippen LogP) is 5.24. The topological polar surface area (TPSA) is 54.4 Å². The van der Waals surface area contributed by atoms with Crippen LogP contribution in [-0.4, -0.2) is 16.9 Å². The highest BCUT2D eigenvalue weighted by Crippen LogP contribution is 2.77. The minimum Gasteiger partial charge on any atom is -0.481 e. The van der Waals surface area contributed by atoms with Crippen molar-refractivity contribution in [1.82, 2.24) is 0 Å². The predicted molar refractivity (Wildman–Crippen MR) is 90.2 cm³/mol. The fourth-order valence-corrected chi connectivity index (χ4v) is 4.81. The van der Waals surface area contributed by atoms with Gasteiger partial charge >= 0.3 is 5.97 Å². The molecule has 3 nitrogen and oxygen atoms in total. The Bertz CT molecular complexity index is 648. The quantitative estimate of drug-likeness (QED) is 0.681. The second-order valence-corrected chi connectivity index (χ2v) is 8.17. The van der Waals surface area contributed by atoms with Crippen molar-refractivity contribution in [3.8, 4) is 0 Å². The molecule has 0 unspecified atom stereocenters. The third-order valence-corrected chi connectivity index (χ3v) is 6.56. The summed E-state index contributed by atoms with van der Waals surface area (Å²) >= 11 is 11.8. The van der Waals surface area contributed by atoms with Gasteiger partial charge in [-0.1, -0.05) is 30.1 Å². The van der Waals surface area contributed by atoms with Crippen LogP contribution in [0.4, 0.5) is 0 Å². The van der Waals surface area contributed by atoms with Gasteiger partial charge in [-0.25, -0.2) is 0 Å². The molecule has 1 N–H and O–H groups in total. The van der Waals surface area contributed by atoms with E-state index in [1.165, 1.54) is 0 Å². The molecular formula is C18H20Cl2O3. The standard InChI is InChI=1S/C18H20Cl2O3/c1-11(16(22)23)18-8-17(9-18,10-18)6-2-3-15(21)12-4-5-13(19)14(20)7-12/h4-5,7,11H,2-3,6,8-10H2,1H3,(H,22,23)/t11-,17?,18?/m0/s1. The van der Waals surface area contributed by atoms with Crippen LogP contribution < -0.4 is 0 Å². The number of carbonyl (C=O) groups is 2. The van der Waals surface area contributed by atoms with Crippen molar-refractivity contribution in [3.63, 3.8) is 0 Å². The van der Waals surface area contributed by atoms with Crippen LogP contribution >= 0.6 is 23.2 Å². The average Bonchev–Trinajstić information content (AvgIpc) is 2.42. The van der Waals surface area contributed by atoms with E-state index >= 15 is 0 Å². The van der Waals surface area contributed by atoms with E-state index in [9.17, 15) is 9.59 Å². The van der Waals surface area contributed by atoms with Gasteiger partial charge in [0.15, 0.2) is 5.78 Å². The minimum absolute atomic E-state index is 0.0412. The maximum atomic E-state index is 12.2. The maximum Gasteiger partial charge on any atom is 0.306 e. The van der Waals surface area contributed by atoms with Crippen LogP contribution in [0.2, 0.25) is 10.0 Å². The first-order valence-corrected chi connectivity index (χ1v) is 8.74. The molecule has 0 aliphatic heterocycles. The summed E-state index contributed by atoms with van der Waals surface area (Å²) in [6, 6.07) is 4.98. The Kier molecular flexibility index (Phi) is 4.22. The van der Waals surface area contributed by atoms with Gasteiger partial charge in [0.25, 0.3) is 0 Å². The fraction of sp³-hybridized carbons (Fsp3) is 0.556. The van der Waals surface area contributed by atoms with Gasteiger partial charge in [-0.2, -0.15) is 0 Å². The van der Waals surface area contributed by atoms with Gasteiger partial charge < -0.3 is 5.11 Å². The number of carboxylic acid groups (broad SMARTS) is 1. The second-order valence-electron chi connectivity index (χ2n) is 7.36. The van der Waals surface area contributed by atoms with Crippen LogP contribution in [-0.2, 0) is 4.79 Å². The molecule has 1 atom stereocenters. The van der Waals surface area contributed by atoms with Crippen LogP contribution in [0.25, 0.3) is 0 Å². The van der Waals surface area contributed by atoms with Crippen molar-refractivity contribution < 1.29 is 14.7 Å². The van der Waals surface area contributed by atoms with Gasteiger partial charge in [0.05, 0.1) is 16.0 Å². The lowest BCUT2D eigenvalue weighted by atomic mass is 9.31. The lowest BCUT2D eigenvalue weighted by molar-refractivity contribution is -0.238. The molecular weight excluding hydrogens is 335 g/mol. The lowest BCUT2D eigenvalue weighted by Gasteiger charge is -2.73. The van der Waals surface area contributed by atoms with Crippen molar-refractivity contribution in [1.29, 1.82) is 0 Å². The Labute approximate surface area is 146 Å². The van der Waals surface area contributed by atoms with E-state index in [4.69, 9.17) is 28.3 Å². The number of carboxylic acids is 1. The fourth-order valence-electron chi connectivity index (χ4n) is 4.51. The van der Waals surface area contributed by atoms with E-state index in [0.717, 1.165) is 32.1 Å². The summed E-state index contributed by atoms with van der Waals surface area (Å²) in [5.74, 6) is -0.848. The molecule has 3 aliphatic rings. The summed E-state index contributed by atoms with van der Waals surface area (Å²) in [5, 5.41) is 10.0. The van der Waals surface area contributed by atoms with Gasteiger partial charge in [-0.3, -0.25) is 9.59 Å². The Hall–Kier alpha value is -1.06. The zero-order valence-electron chi connectivity index (χ0n) is 13.1. The molecule has 0 saturated heterocycles. The Balaban J connectivity index is 1.46. The van der Waals surface area contributed by atoms with E-state index in [1.807, 2.05) is 6.92 Å². The summed E-state index contributed by atoms with van der Waals surface area (Å²) in [5.41, 5.74) is 0.953. The zero-order valence-corrected chi connectivity index (χ0v) is 14.6. The number of aliphatic carboxylic acids is 1. The number of halogens is 2. The zero-order chi connectivity index (χ0) is 16.8. The van der Waals surface area contributed by atoms with Gasteiger partial charge in [0, 0.05) is 12.0 Å². The first-order chi connectivity index (χ1) is 10.8. The largest absolute Gasteiger partial charge is 0.481 e. The molecule has 0 spiro atoms. The van der Waals surface area contributed by atoms with Crippen molar-refractivity contribution in [2.45, 2.75) is 45.4 Å². The number of rotatable bonds is 7. The molecule has 4 rings (SSSR count). The van der Waals surface area contributed by atoms with Crippen LogP contribution in [0.1, 0.15) is 55.8 Å². The van der Waals surface area contributed by atoms with E-state index in [2.05, 4.69) is 0 Å². The van der Waals surface area contributed by atoms with E-state index < -0.39 is 5.97 Å². The van der Waals surface area contributed by atoms with E-state index in [-0.39, 0.29) is 17.1 Å². The molecule has 3 fully saturated rings. The van der Waals surface area contributed by atoms with Crippen molar-refractivity contribution in [2.75, 3.05) is 0 Å². The number of hydrogen-bond donors (Lipinski definition) is 1. The number of carbonyl (C=O) groups excluding carboxylic acids is 1. The van der Waals surface area contributed by atoms with Gasteiger partial charge in [-0.05, 0) is 61.1 Å². The highest BCUT2D eigenvalue weighted by molar-refractivity contribution is 6.42. The molecule has 1 aromatic rings.